The molecule has 1 heterocycles. The molecule has 1 saturated heterocycles. The topological polar surface area (TPSA) is 57.7 Å². The molecule has 5 nitrogen and oxygen atoms in total. The molecule has 0 unspecified atom stereocenters. The lowest BCUT2D eigenvalue weighted by atomic mass is 10.1. The van der Waals surface area contributed by atoms with E-state index in [1.165, 1.54) is 17.0 Å². The van der Waals surface area contributed by atoms with Gasteiger partial charge in [0.25, 0.3) is 5.91 Å². The first kappa shape index (κ1) is 19.5. The summed E-state index contributed by atoms with van der Waals surface area (Å²) in [6.07, 6.45) is 2.84. The zero-order valence-electron chi connectivity index (χ0n) is 14.9. The number of anilines is 1. The number of benzene rings is 2. The van der Waals surface area contributed by atoms with Crippen molar-refractivity contribution in [3.05, 3.63) is 64.3 Å². The number of aryl methyl sites for hydroxylation is 1. The van der Waals surface area contributed by atoms with Crippen LogP contribution in [0.2, 0.25) is 5.02 Å². The number of thiocarbonyl (C=S) groups is 1. The Morgan fingerprint density at radius 1 is 1.11 bits per heavy atom. The van der Waals surface area contributed by atoms with E-state index in [4.69, 9.17) is 23.8 Å². The normalized spacial score (nSPS) is 16.5. The molecule has 0 spiro atoms. The van der Waals surface area contributed by atoms with Gasteiger partial charge in [-0.1, -0.05) is 23.7 Å². The molecule has 0 N–H and O–H groups in total. The molecule has 1 amide bonds. The molecule has 1 aliphatic heterocycles. The predicted molar refractivity (Wildman–Crippen MR) is 112 cm³/mol. The summed E-state index contributed by atoms with van der Waals surface area (Å²) in [5, 5.41) is 0.952. The Labute approximate surface area is 168 Å². The van der Waals surface area contributed by atoms with Crippen molar-refractivity contribution in [1.29, 1.82) is 0 Å². The molecular weight excluding hydrogens is 404 g/mol. The number of carbonyl (C=O) groups is 1. The van der Waals surface area contributed by atoms with E-state index in [1.54, 1.807) is 48.4 Å². The summed E-state index contributed by atoms with van der Waals surface area (Å²) >= 11 is 11.5. The lowest BCUT2D eigenvalue weighted by Gasteiger charge is -2.18. The highest BCUT2D eigenvalue weighted by molar-refractivity contribution is 7.90. The highest BCUT2D eigenvalue weighted by Gasteiger charge is 2.37. The zero-order chi connectivity index (χ0) is 19.9. The number of hydrogen-bond acceptors (Lipinski definition) is 4. The van der Waals surface area contributed by atoms with Crippen molar-refractivity contribution in [2.75, 3.05) is 18.2 Å². The molecule has 0 aliphatic carbocycles. The quantitative estimate of drug-likeness (QED) is 0.560. The van der Waals surface area contributed by atoms with Gasteiger partial charge in [0, 0.05) is 18.3 Å². The van der Waals surface area contributed by atoms with Crippen molar-refractivity contribution in [2.24, 2.45) is 0 Å². The summed E-state index contributed by atoms with van der Waals surface area (Å²) in [4.78, 5) is 16.3. The van der Waals surface area contributed by atoms with E-state index in [1.807, 2.05) is 6.92 Å². The smallest absolute Gasteiger partial charge is 0.281 e. The van der Waals surface area contributed by atoms with Crippen LogP contribution < -0.4 is 4.90 Å². The molecule has 1 fully saturated rings. The minimum Gasteiger partial charge on any atom is -0.317 e. The Kier molecular flexibility index (Phi) is 5.12. The Hall–Kier alpha value is -2.22. The number of halogens is 1. The minimum absolute atomic E-state index is 0.227. The average Bonchev–Trinajstić information content (AvgIpc) is 2.79. The fraction of sp³-hybridized carbons (Fsp3) is 0.158. The summed E-state index contributed by atoms with van der Waals surface area (Å²) in [5.41, 5.74) is 2.62. The van der Waals surface area contributed by atoms with Gasteiger partial charge >= 0.3 is 0 Å². The second-order valence-electron chi connectivity index (χ2n) is 6.28. The molecule has 140 valence electrons. The molecule has 0 radical (unpaired) electrons. The van der Waals surface area contributed by atoms with Gasteiger partial charge in [0.1, 0.15) is 5.70 Å². The van der Waals surface area contributed by atoms with Crippen molar-refractivity contribution >= 4 is 56.4 Å². The predicted octanol–water partition coefficient (Wildman–Crippen LogP) is 3.66. The van der Waals surface area contributed by atoms with Gasteiger partial charge in [-0.05, 0) is 66.7 Å². The maximum Gasteiger partial charge on any atom is 0.281 e. The van der Waals surface area contributed by atoms with Crippen LogP contribution in [0.3, 0.4) is 0 Å². The highest BCUT2D eigenvalue weighted by Crippen LogP contribution is 2.31. The molecule has 2 aromatic carbocycles. The van der Waals surface area contributed by atoms with E-state index in [2.05, 4.69) is 0 Å². The van der Waals surface area contributed by atoms with Crippen LogP contribution in [-0.2, 0) is 14.6 Å². The number of rotatable bonds is 3. The van der Waals surface area contributed by atoms with Crippen molar-refractivity contribution in [3.8, 4) is 0 Å². The largest absolute Gasteiger partial charge is 0.317 e. The van der Waals surface area contributed by atoms with E-state index in [9.17, 15) is 13.2 Å². The second-order valence-corrected chi connectivity index (χ2v) is 9.10. The molecule has 8 heteroatoms. The zero-order valence-corrected chi connectivity index (χ0v) is 17.3. The van der Waals surface area contributed by atoms with Crippen LogP contribution in [0.25, 0.3) is 6.08 Å². The third-order valence-electron chi connectivity index (χ3n) is 4.27. The fourth-order valence-corrected chi connectivity index (χ4v) is 3.94. The van der Waals surface area contributed by atoms with E-state index >= 15 is 0 Å². The van der Waals surface area contributed by atoms with Crippen LogP contribution in [0, 0.1) is 6.92 Å². The van der Waals surface area contributed by atoms with Gasteiger partial charge in [-0.15, -0.1) is 0 Å². The van der Waals surface area contributed by atoms with E-state index in [-0.39, 0.29) is 10.8 Å². The number of nitrogens with zero attached hydrogens (tertiary/aromatic N) is 2. The molecule has 27 heavy (non-hydrogen) atoms. The van der Waals surface area contributed by atoms with Gasteiger partial charge in [-0.2, -0.15) is 0 Å². The second kappa shape index (κ2) is 7.07. The number of hydrogen-bond donors (Lipinski definition) is 0. The van der Waals surface area contributed by atoms with Crippen LogP contribution in [0.5, 0.6) is 0 Å². The van der Waals surface area contributed by atoms with Crippen molar-refractivity contribution < 1.29 is 13.2 Å². The van der Waals surface area contributed by atoms with E-state index in [0.717, 1.165) is 11.8 Å². The van der Waals surface area contributed by atoms with Crippen molar-refractivity contribution in [1.82, 2.24) is 4.90 Å². The third-order valence-corrected chi connectivity index (χ3v) is 6.09. The van der Waals surface area contributed by atoms with Crippen molar-refractivity contribution in [3.63, 3.8) is 0 Å². The third kappa shape index (κ3) is 3.76. The molecular formula is C19H17ClN2O3S2. The average molecular weight is 421 g/mol. The molecule has 3 rings (SSSR count). The van der Waals surface area contributed by atoms with E-state index < -0.39 is 9.84 Å². The summed E-state index contributed by atoms with van der Waals surface area (Å²) < 4.78 is 23.2. The molecule has 0 saturated carbocycles. The van der Waals surface area contributed by atoms with Gasteiger partial charge in [-0.3, -0.25) is 9.69 Å². The molecule has 0 atom stereocenters. The maximum atomic E-state index is 13.0. The summed E-state index contributed by atoms with van der Waals surface area (Å²) in [6, 6.07) is 11.6. The number of carbonyl (C=O) groups excluding carboxylic acids is 1. The van der Waals surface area contributed by atoms with Crippen molar-refractivity contribution in [2.45, 2.75) is 11.8 Å². The number of amides is 1. The van der Waals surface area contributed by atoms with Crippen LogP contribution in [-0.4, -0.2) is 37.6 Å². The van der Waals surface area contributed by atoms with Gasteiger partial charge < -0.3 is 4.90 Å². The molecule has 0 bridgehead atoms. The fourth-order valence-electron chi connectivity index (χ4n) is 2.81. The van der Waals surface area contributed by atoms with Gasteiger partial charge in [0.05, 0.1) is 10.6 Å². The van der Waals surface area contributed by atoms with Gasteiger partial charge in [0.2, 0.25) is 0 Å². The maximum absolute atomic E-state index is 13.0. The number of sulfone groups is 1. The van der Waals surface area contributed by atoms with Crippen LogP contribution in [0.15, 0.2) is 53.1 Å². The minimum atomic E-state index is -3.27. The molecule has 0 aromatic heterocycles. The number of likely N-dealkylation sites (N-methyl/N-ethyl adjacent to an activating group) is 1. The Morgan fingerprint density at radius 2 is 1.74 bits per heavy atom. The Bertz CT molecular complexity index is 1080. The molecule has 2 aromatic rings. The SMILES string of the molecule is Cc1cc(Cl)ccc1N1C(=O)/C(=C\c2ccc(S(C)(=O)=O)cc2)N(C)C1=S. The Balaban J connectivity index is 1.99. The lowest BCUT2D eigenvalue weighted by molar-refractivity contribution is -0.114. The van der Waals surface area contributed by atoms with E-state index in [0.29, 0.717) is 27.1 Å². The monoisotopic (exact) mass is 420 g/mol. The Morgan fingerprint density at radius 3 is 2.30 bits per heavy atom. The first-order chi connectivity index (χ1) is 12.6. The van der Waals surface area contributed by atoms with Gasteiger partial charge in [-0.25, -0.2) is 8.42 Å². The van der Waals surface area contributed by atoms with Gasteiger partial charge in [0.15, 0.2) is 14.9 Å². The first-order valence-corrected chi connectivity index (χ1v) is 10.7. The van der Waals surface area contributed by atoms with Crippen LogP contribution in [0.4, 0.5) is 5.69 Å². The first-order valence-electron chi connectivity index (χ1n) is 7.99. The lowest BCUT2D eigenvalue weighted by Crippen LogP contribution is -2.31. The standard InChI is InChI=1S/C19H17ClN2O3S2/c1-12-10-14(20)6-9-16(12)22-18(23)17(21(2)19(22)26)11-13-4-7-15(8-5-13)27(3,24)25/h4-11H,1-3H3/b17-11+. The summed E-state index contributed by atoms with van der Waals surface area (Å²) in [7, 11) is -1.54. The summed E-state index contributed by atoms with van der Waals surface area (Å²) in [5.74, 6) is -0.250. The molecule has 1 aliphatic rings. The van der Waals surface area contributed by atoms with Crippen LogP contribution in [0.1, 0.15) is 11.1 Å². The summed E-state index contributed by atoms with van der Waals surface area (Å²) in [6.45, 7) is 1.86. The van der Waals surface area contributed by atoms with Crippen LogP contribution >= 0.6 is 23.8 Å². The highest BCUT2D eigenvalue weighted by atomic mass is 35.5.